The summed E-state index contributed by atoms with van der Waals surface area (Å²) in [5.41, 5.74) is 1.58. The zero-order chi connectivity index (χ0) is 16.9. The topological polar surface area (TPSA) is 75.6 Å². The molecule has 1 aromatic rings. The number of carbonyl (C=O) groups excluding carboxylic acids is 1. The van der Waals surface area contributed by atoms with E-state index in [0.29, 0.717) is 19.4 Å². The average Bonchev–Trinajstić information content (AvgIpc) is 2.93. The Bertz CT molecular complexity index is 547. The molecular formula is C18H25NO4. The number of nitrogens with one attached hydrogen (secondary N) is 1. The lowest BCUT2D eigenvalue weighted by atomic mass is 9.90. The van der Waals surface area contributed by atoms with Gasteiger partial charge in [0.2, 0.25) is 5.91 Å². The first-order valence-electron chi connectivity index (χ1n) is 8.11. The standard InChI is InChI=1S/C18H25NO4/c1-3-14(15-6-4-13(2)5-7-15)10-16(20)19-18(11-17(21)22)8-9-23-12-18/h4-7,14H,3,8-12H2,1-2H3,(H,19,20)(H,21,22). The largest absolute Gasteiger partial charge is 0.481 e. The summed E-state index contributed by atoms with van der Waals surface area (Å²) >= 11 is 0. The smallest absolute Gasteiger partial charge is 0.305 e. The highest BCUT2D eigenvalue weighted by Gasteiger charge is 2.38. The number of hydrogen-bond acceptors (Lipinski definition) is 3. The highest BCUT2D eigenvalue weighted by Crippen LogP contribution is 2.26. The minimum Gasteiger partial charge on any atom is -0.481 e. The van der Waals surface area contributed by atoms with Gasteiger partial charge in [-0.3, -0.25) is 9.59 Å². The highest BCUT2D eigenvalue weighted by molar-refractivity contribution is 5.79. The van der Waals surface area contributed by atoms with E-state index in [9.17, 15) is 9.59 Å². The van der Waals surface area contributed by atoms with Crippen LogP contribution in [0.5, 0.6) is 0 Å². The zero-order valence-corrected chi connectivity index (χ0v) is 13.8. The third-order valence-electron chi connectivity index (χ3n) is 4.47. The van der Waals surface area contributed by atoms with Crippen molar-refractivity contribution in [2.75, 3.05) is 13.2 Å². The Morgan fingerprint density at radius 3 is 2.57 bits per heavy atom. The lowest BCUT2D eigenvalue weighted by Gasteiger charge is -2.28. The fourth-order valence-corrected chi connectivity index (χ4v) is 3.09. The lowest BCUT2D eigenvalue weighted by Crippen LogP contribution is -2.50. The number of rotatable bonds is 7. The van der Waals surface area contributed by atoms with E-state index < -0.39 is 11.5 Å². The van der Waals surface area contributed by atoms with E-state index in [-0.39, 0.29) is 24.9 Å². The first kappa shape index (κ1) is 17.5. The van der Waals surface area contributed by atoms with Crippen molar-refractivity contribution < 1.29 is 19.4 Å². The summed E-state index contributed by atoms with van der Waals surface area (Å²) in [4.78, 5) is 23.5. The molecule has 1 amide bonds. The van der Waals surface area contributed by atoms with Gasteiger partial charge < -0.3 is 15.2 Å². The second kappa shape index (κ2) is 7.59. The van der Waals surface area contributed by atoms with Crippen LogP contribution in [0.3, 0.4) is 0 Å². The van der Waals surface area contributed by atoms with Crippen LogP contribution in [0.4, 0.5) is 0 Å². The van der Waals surface area contributed by atoms with Gasteiger partial charge in [-0.1, -0.05) is 36.8 Å². The molecule has 0 saturated carbocycles. The molecule has 0 aliphatic carbocycles. The molecule has 1 saturated heterocycles. The molecule has 1 aliphatic rings. The second-order valence-electron chi connectivity index (χ2n) is 6.42. The normalized spacial score (nSPS) is 21.8. The lowest BCUT2D eigenvalue weighted by molar-refractivity contribution is -0.139. The van der Waals surface area contributed by atoms with E-state index in [2.05, 4.69) is 24.4 Å². The Kier molecular flexibility index (Phi) is 5.77. The molecule has 2 rings (SSSR count). The Morgan fingerprint density at radius 1 is 1.35 bits per heavy atom. The first-order chi connectivity index (χ1) is 10.9. The number of carboxylic acids is 1. The van der Waals surface area contributed by atoms with E-state index in [4.69, 9.17) is 9.84 Å². The van der Waals surface area contributed by atoms with E-state index in [1.54, 1.807) is 0 Å². The molecule has 2 N–H and O–H groups in total. The van der Waals surface area contributed by atoms with Gasteiger partial charge in [0, 0.05) is 13.0 Å². The molecule has 0 spiro atoms. The van der Waals surface area contributed by atoms with Crippen LogP contribution in [0.25, 0.3) is 0 Å². The third-order valence-corrected chi connectivity index (χ3v) is 4.47. The van der Waals surface area contributed by atoms with Crippen molar-refractivity contribution in [3.05, 3.63) is 35.4 Å². The van der Waals surface area contributed by atoms with Gasteiger partial charge in [-0.15, -0.1) is 0 Å². The number of aliphatic carboxylic acids is 1. The maximum absolute atomic E-state index is 12.4. The van der Waals surface area contributed by atoms with Gasteiger partial charge in [0.25, 0.3) is 0 Å². The van der Waals surface area contributed by atoms with Gasteiger partial charge >= 0.3 is 5.97 Å². The second-order valence-corrected chi connectivity index (χ2v) is 6.42. The minimum atomic E-state index is -0.915. The predicted molar refractivity (Wildman–Crippen MR) is 87.4 cm³/mol. The molecule has 0 bridgehead atoms. The van der Waals surface area contributed by atoms with Crippen LogP contribution in [-0.4, -0.2) is 35.7 Å². The van der Waals surface area contributed by atoms with Gasteiger partial charge in [-0.05, 0) is 31.2 Å². The van der Waals surface area contributed by atoms with Crippen LogP contribution in [0.1, 0.15) is 49.7 Å². The van der Waals surface area contributed by atoms with Crippen molar-refractivity contribution in [1.29, 1.82) is 0 Å². The SMILES string of the molecule is CCC(CC(=O)NC1(CC(=O)O)CCOC1)c1ccc(C)cc1. The quantitative estimate of drug-likeness (QED) is 0.810. The number of benzene rings is 1. The van der Waals surface area contributed by atoms with Crippen molar-refractivity contribution in [3.63, 3.8) is 0 Å². The Labute approximate surface area is 137 Å². The van der Waals surface area contributed by atoms with Crippen molar-refractivity contribution in [2.45, 2.75) is 51.0 Å². The summed E-state index contributed by atoms with van der Waals surface area (Å²) in [5.74, 6) is -0.884. The fourth-order valence-electron chi connectivity index (χ4n) is 3.09. The summed E-state index contributed by atoms with van der Waals surface area (Å²) in [6.07, 6.45) is 1.67. The molecule has 0 radical (unpaired) electrons. The van der Waals surface area contributed by atoms with Gasteiger partial charge in [-0.25, -0.2) is 0 Å². The van der Waals surface area contributed by atoms with Crippen LogP contribution >= 0.6 is 0 Å². The molecule has 1 aromatic carbocycles. The van der Waals surface area contributed by atoms with Gasteiger partial charge in [-0.2, -0.15) is 0 Å². The maximum Gasteiger partial charge on any atom is 0.305 e. The number of amides is 1. The number of aryl methyl sites for hydroxylation is 1. The molecule has 5 nitrogen and oxygen atoms in total. The van der Waals surface area contributed by atoms with Crippen LogP contribution in [0.15, 0.2) is 24.3 Å². The third kappa shape index (κ3) is 4.79. The summed E-state index contributed by atoms with van der Waals surface area (Å²) in [5, 5.41) is 12.0. The van der Waals surface area contributed by atoms with E-state index in [1.807, 2.05) is 19.1 Å². The Hall–Kier alpha value is -1.88. The van der Waals surface area contributed by atoms with Crippen molar-refractivity contribution in [2.24, 2.45) is 0 Å². The summed E-state index contributed by atoms with van der Waals surface area (Å²) in [7, 11) is 0. The van der Waals surface area contributed by atoms with Crippen molar-refractivity contribution in [1.82, 2.24) is 5.32 Å². The van der Waals surface area contributed by atoms with Crippen LogP contribution in [0, 0.1) is 6.92 Å². The summed E-state index contributed by atoms with van der Waals surface area (Å²) in [6, 6.07) is 8.21. The van der Waals surface area contributed by atoms with Crippen molar-refractivity contribution >= 4 is 11.9 Å². The average molecular weight is 319 g/mol. The molecule has 2 atom stereocenters. The Morgan fingerprint density at radius 2 is 2.04 bits per heavy atom. The van der Waals surface area contributed by atoms with E-state index in [1.165, 1.54) is 5.56 Å². The number of ether oxygens (including phenoxy) is 1. The molecule has 1 aliphatic heterocycles. The fraction of sp³-hybridized carbons (Fsp3) is 0.556. The molecular weight excluding hydrogens is 294 g/mol. The van der Waals surface area contributed by atoms with Gasteiger partial charge in [0.1, 0.15) is 0 Å². The molecule has 2 unspecified atom stereocenters. The van der Waals surface area contributed by atoms with Crippen LogP contribution in [0.2, 0.25) is 0 Å². The Balaban J connectivity index is 2.01. The molecule has 0 aromatic heterocycles. The number of carbonyl (C=O) groups is 2. The summed E-state index contributed by atoms with van der Waals surface area (Å²) in [6.45, 7) is 4.85. The first-order valence-corrected chi connectivity index (χ1v) is 8.11. The number of carboxylic acid groups (broad SMARTS) is 1. The minimum absolute atomic E-state index is 0.0972. The molecule has 5 heteroatoms. The molecule has 23 heavy (non-hydrogen) atoms. The summed E-state index contributed by atoms with van der Waals surface area (Å²) < 4.78 is 5.31. The highest BCUT2D eigenvalue weighted by atomic mass is 16.5. The van der Waals surface area contributed by atoms with Crippen LogP contribution < -0.4 is 5.32 Å². The maximum atomic E-state index is 12.4. The number of hydrogen-bond donors (Lipinski definition) is 2. The molecule has 1 heterocycles. The van der Waals surface area contributed by atoms with Gasteiger partial charge in [0.15, 0.2) is 0 Å². The van der Waals surface area contributed by atoms with E-state index >= 15 is 0 Å². The van der Waals surface area contributed by atoms with Crippen LogP contribution in [-0.2, 0) is 14.3 Å². The van der Waals surface area contributed by atoms with Crippen molar-refractivity contribution in [3.8, 4) is 0 Å². The van der Waals surface area contributed by atoms with Gasteiger partial charge in [0.05, 0.1) is 18.6 Å². The monoisotopic (exact) mass is 319 g/mol. The molecule has 126 valence electrons. The zero-order valence-electron chi connectivity index (χ0n) is 13.8. The molecule has 1 fully saturated rings. The van der Waals surface area contributed by atoms with E-state index in [0.717, 1.165) is 12.0 Å². The predicted octanol–water partition coefficient (Wildman–Crippen LogP) is 2.63.